The molecule has 3 nitrogen and oxygen atoms in total. The summed E-state index contributed by atoms with van der Waals surface area (Å²) in [6.07, 6.45) is 1.63. The highest BCUT2D eigenvalue weighted by Gasteiger charge is 2.16. The van der Waals surface area contributed by atoms with Crippen LogP contribution in [-0.4, -0.2) is 9.97 Å². The Bertz CT molecular complexity index is 994. The van der Waals surface area contributed by atoms with Gasteiger partial charge in [-0.25, -0.2) is 9.97 Å². The molecule has 1 N–H and O–H groups in total. The van der Waals surface area contributed by atoms with E-state index in [0.717, 1.165) is 21.7 Å². The van der Waals surface area contributed by atoms with Crippen molar-refractivity contribution in [1.29, 1.82) is 0 Å². The first kappa shape index (κ1) is 15.5. The first-order chi connectivity index (χ1) is 11.7. The molecule has 0 spiro atoms. The van der Waals surface area contributed by atoms with Gasteiger partial charge in [-0.05, 0) is 59.3 Å². The van der Waals surface area contributed by atoms with Crippen molar-refractivity contribution >= 4 is 55.6 Å². The predicted molar refractivity (Wildman–Crippen MR) is 110 cm³/mol. The minimum atomic E-state index is 0.851. The molecule has 0 aliphatic carbocycles. The van der Waals surface area contributed by atoms with E-state index in [1.807, 2.05) is 6.07 Å². The van der Waals surface area contributed by atoms with Crippen LogP contribution in [0.5, 0.6) is 0 Å². The van der Waals surface area contributed by atoms with Gasteiger partial charge in [0.15, 0.2) is 0 Å². The molecule has 2 heterocycles. The van der Waals surface area contributed by atoms with E-state index in [2.05, 4.69) is 93.3 Å². The van der Waals surface area contributed by atoms with Crippen LogP contribution in [0.4, 0.5) is 11.5 Å². The zero-order valence-corrected chi connectivity index (χ0v) is 15.9. The number of nitrogens with zero attached hydrogens (tertiary/aromatic N) is 2. The maximum absolute atomic E-state index is 4.51. The van der Waals surface area contributed by atoms with Crippen molar-refractivity contribution in [2.45, 2.75) is 6.92 Å². The van der Waals surface area contributed by atoms with Gasteiger partial charge >= 0.3 is 0 Å². The minimum Gasteiger partial charge on any atom is -0.340 e. The summed E-state index contributed by atoms with van der Waals surface area (Å²) in [4.78, 5) is 11.2. The summed E-state index contributed by atoms with van der Waals surface area (Å²) in [6.45, 7) is 2.14. The van der Waals surface area contributed by atoms with Gasteiger partial charge in [-0.3, -0.25) is 0 Å². The number of nitrogens with one attached hydrogen (secondary N) is 1. The summed E-state index contributed by atoms with van der Waals surface area (Å²) in [6, 6.07) is 18.7. The third-order valence-electron chi connectivity index (χ3n) is 3.83. The normalized spacial score (nSPS) is 10.9. The van der Waals surface area contributed by atoms with Gasteiger partial charge in [-0.1, -0.05) is 30.3 Å². The van der Waals surface area contributed by atoms with E-state index >= 15 is 0 Å². The standard InChI is InChI=1S/C19H14IN3S/c1-12-16(13-5-3-2-4-6-13)17-18(21-11-22-19(17)24-12)23-15-9-7-14(20)8-10-15/h2-11H,1H3,(H,21,22,23). The molecule has 5 heteroatoms. The maximum atomic E-state index is 4.51. The number of thiophene rings is 1. The van der Waals surface area contributed by atoms with Crippen LogP contribution in [-0.2, 0) is 0 Å². The van der Waals surface area contributed by atoms with Gasteiger partial charge in [0.1, 0.15) is 17.0 Å². The molecule has 2 aromatic heterocycles. The highest BCUT2D eigenvalue weighted by Crippen LogP contribution is 2.40. The SMILES string of the molecule is Cc1sc2ncnc(Nc3ccc(I)cc3)c2c1-c1ccccc1. The average molecular weight is 443 g/mol. The summed E-state index contributed by atoms with van der Waals surface area (Å²) in [5.74, 6) is 0.851. The number of rotatable bonds is 3. The second-order valence-electron chi connectivity index (χ2n) is 5.43. The van der Waals surface area contributed by atoms with E-state index < -0.39 is 0 Å². The van der Waals surface area contributed by atoms with Gasteiger partial charge in [-0.15, -0.1) is 11.3 Å². The molecule has 0 saturated carbocycles. The second-order valence-corrected chi connectivity index (χ2v) is 7.88. The molecule has 0 atom stereocenters. The third-order valence-corrected chi connectivity index (χ3v) is 5.57. The second kappa shape index (κ2) is 6.49. The third kappa shape index (κ3) is 2.89. The number of benzene rings is 2. The molecule has 4 aromatic rings. The Morgan fingerprint density at radius 1 is 0.958 bits per heavy atom. The number of halogens is 1. The van der Waals surface area contributed by atoms with Crippen LogP contribution >= 0.6 is 33.9 Å². The zero-order valence-electron chi connectivity index (χ0n) is 13.0. The molecule has 0 saturated heterocycles. The van der Waals surface area contributed by atoms with Crippen LogP contribution in [0, 0.1) is 10.5 Å². The Kier molecular flexibility index (Phi) is 4.20. The van der Waals surface area contributed by atoms with E-state index in [1.165, 1.54) is 19.6 Å². The molecule has 0 aliphatic heterocycles. The number of anilines is 2. The van der Waals surface area contributed by atoms with Crippen LogP contribution in [0.15, 0.2) is 60.9 Å². The van der Waals surface area contributed by atoms with Crippen molar-refractivity contribution in [3.8, 4) is 11.1 Å². The Balaban J connectivity index is 1.88. The van der Waals surface area contributed by atoms with E-state index in [4.69, 9.17) is 0 Å². The van der Waals surface area contributed by atoms with Crippen LogP contribution in [0.2, 0.25) is 0 Å². The molecule has 0 aliphatic rings. The van der Waals surface area contributed by atoms with E-state index in [9.17, 15) is 0 Å². The van der Waals surface area contributed by atoms with Gasteiger partial charge in [0.25, 0.3) is 0 Å². The summed E-state index contributed by atoms with van der Waals surface area (Å²) in [5.41, 5.74) is 3.43. The van der Waals surface area contributed by atoms with Gasteiger partial charge in [0, 0.05) is 19.7 Å². The Labute approximate surface area is 157 Å². The lowest BCUT2D eigenvalue weighted by Crippen LogP contribution is -1.95. The largest absolute Gasteiger partial charge is 0.340 e. The quantitative estimate of drug-likeness (QED) is 0.394. The molecule has 24 heavy (non-hydrogen) atoms. The van der Waals surface area contributed by atoms with Crippen molar-refractivity contribution in [3.63, 3.8) is 0 Å². The van der Waals surface area contributed by atoms with Gasteiger partial charge in [0.05, 0.1) is 5.39 Å². The van der Waals surface area contributed by atoms with Crippen LogP contribution in [0.1, 0.15) is 4.88 Å². The van der Waals surface area contributed by atoms with Gasteiger partial charge in [-0.2, -0.15) is 0 Å². The zero-order chi connectivity index (χ0) is 16.5. The number of fused-ring (bicyclic) bond motifs is 1. The number of hydrogen-bond acceptors (Lipinski definition) is 4. The summed E-state index contributed by atoms with van der Waals surface area (Å²) >= 11 is 4.01. The highest BCUT2D eigenvalue weighted by atomic mass is 127. The smallest absolute Gasteiger partial charge is 0.143 e. The molecule has 2 aromatic carbocycles. The molecular formula is C19H14IN3S. The first-order valence-electron chi connectivity index (χ1n) is 7.54. The average Bonchev–Trinajstić information content (AvgIpc) is 2.94. The van der Waals surface area contributed by atoms with Crippen LogP contribution < -0.4 is 5.32 Å². The fourth-order valence-electron chi connectivity index (χ4n) is 2.76. The molecule has 0 unspecified atom stereocenters. The highest BCUT2D eigenvalue weighted by molar-refractivity contribution is 14.1. The summed E-state index contributed by atoms with van der Waals surface area (Å²) in [5, 5.41) is 4.54. The lowest BCUT2D eigenvalue weighted by Gasteiger charge is -2.09. The maximum Gasteiger partial charge on any atom is 0.143 e. The molecular weight excluding hydrogens is 429 g/mol. The van der Waals surface area contributed by atoms with Crippen LogP contribution in [0.3, 0.4) is 0 Å². The lowest BCUT2D eigenvalue weighted by atomic mass is 10.0. The summed E-state index contributed by atoms with van der Waals surface area (Å²) < 4.78 is 1.21. The first-order valence-corrected chi connectivity index (χ1v) is 9.44. The van der Waals surface area contributed by atoms with Crippen molar-refractivity contribution in [2.75, 3.05) is 5.32 Å². The lowest BCUT2D eigenvalue weighted by molar-refractivity contribution is 1.23. The van der Waals surface area contributed by atoms with Gasteiger partial charge < -0.3 is 5.32 Å². The van der Waals surface area contributed by atoms with E-state index in [-0.39, 0.29) is 0 Å². The van der Waals surface area contributed by atoms with Crippen molar-refractivity contribution in [3.05, 3.63) is 69.4 Å². The predicted octanol–water partition coefficient (Wildman–Crippen LogP) is 6.01. The number of hydrogen-bond donors (Lipinski definition) is 1. The summed E-state index contributed by atoms with van der Waals surface area (Å²) in [7, 11) is 0. The molecule has 0 radical (unpaired) electrons. The molecule has 4 rings (SSSR count). The number of aryl methyl sites for hydroxylation is 1. The topological polar surface area (TPSA) is 37.8 Å². The fraction of sp³-hybridized carbons (Fsp3) is 0.0526. The van der Waals surface area contributed by atoms with Crippen molar-refractivity contribution < 1.29 is 0 Å². The van der Waals surface area contributed by atoms with E-state index in [1.54, 1.807) is 17.7 Å². The molecule has 0 bridgehead atoms. The van der Waals surface area contributed by atoms with E-state index in [0.29, 0.717) is 0 Å². The Morgan fingerprint density at radius 3 is 2.46 bits per heavy atom. The minimum absolute atomic E-state index is 0.851. The molecule has 0 amide bonds. The Hall–Kier alpha value is -1.99. The monoisotopic (exact) mass is 443 g/mol. The fourth-order valence-corrected chi connectivity index (χ4v) is 4.13. The van der Waals surface area contributed by atoms with Crippen molar-refractivity contribution in [1.82, 2.24) is 9.97 Å². The number of aromatic nitrogens is 2. The van der Waals surface area contributed by atoms with Crippen LogP contribution in [0.25, 0.3) is 21.3 Å². The molecule has 118 valence electrons. The van der Waals surface area contributed by atoms with Gasteiger partial charge in [0.2, 0.25) is 0 Å². The van der Waals surface area contributed by atoms with Crippen molar-refractivity contribution in [2.24, 2.45) is 0 Å². The Morgan fingerprint density at radius 2 is 1.71 bits per heavy atom. The molecule has 0 fully saturated rings.